The summed E-state index contributed by atoms with van der Waals surface area (Å²) in [5.74, 6) is 12.0. The van der Waals surface area contributed by atoms with Crippen molar-refractivity contribution in [3.05, 3.63) is 0 Å². The van der Waals surface area contributed by atoms with Gasteiger partial charge in [0, 0.05) is 12.8 Å². The fraction of sp³-hybridized carbons (Fsp3) is 0.733. The standard InChI is InChI=1S/C15H26N/c1-5-6-7-8-9-10-11-12-13-14-15-16(2,3)4/h5-7,12-15H2,1-4H3/q+1. The summed E-state index contributed by atoms with van der Waals surface area (Å²) < 4.78 is 1.05. The van der Waals surface area contributed by atoms with E-state index in [0.717, 1.165) is 17.3 Å². The molecule has 1 heteroatoms. The molecule has 90 valence electrons. The molecule has 0 spiro atoms. The van der Waals surface area contributed by atoms with Crippen LogP contribution in [0.2, 0.25) is 0 Å². The zero-order chi connectivity index (χ0) is 12.3. The van der Waals surface area contributed by atoms with Crippen molar-refractivity contribution in [1.82, 2.24) is 0 Å². The van der Waals surface area contributed by atoms with Crippen molar-refractivity contribution in [2.24, 2.45) is 0 Å². The quantitative estimate of drug-likeness (QED) is 0.367. The Morgan fingerprint density at radius 1 is 0.812 bits per heavy atom. The van der Waals surface area contributed by atoms with E-state index in [0.29, 0.717) is 0 Å². The Morgan fingerprint density at radius 3 is 1.88 bits per heavy atom. The molecular formula is C15H26N+. The van der Waals surface area contributed by atoms with Crippen molar-refractivity contribution >= 4 is 0 Å². The highest BCUT2D eigenvalue weighted by Crippen LogP contribution is 1.99. The number of rotatable bonds is 6. The first-order chi connectivity index (χ1) is 7.56. The topological polar surface area (TPSA) is 0 Å². The average molecular weight is 220 g/mol. The minimum absolute atomic E-state index is 0.989. The molecule has 0 N–H and O–H groups in total. The lowest BCUT2D eigenvalue weighted by Gasteiger charge is -2.23. The summed E-state index contributed by atoms with van der Waals surface area (Å²) in [4.78, 5) is 0. The van der Waals surface area contributed by atoms with Gasteiger partial charge in [0.25, 0.3) is 0 Å². The third-order valence-electron chi connectivity index (χ3n) is 2.28. The second-order valence-corrected chi connectivity index (χ2v) is 5.18. The van der Waals surface area contributed by atoms with Crippen molar-refractivity contribution in [1.29, 1.82) is 0 Å². The second kappa shape index (κ2) is 9.32. The minimum atomic E-state index is 0.989. The maximum Gasteiger partial charge on any atom is 0.0780 e. The Morgan fingerprint density at radius 2 is 1.38 bits per heavy atom. The van der Waals surface area contributed by atoms with Crippen molar-refractivity contribution in [3.8, 4) is 23.7 Å². The van der Waals surface area contributed by atoms with Crippen molar-refractivity contribution in [2.45, 2.75) is 45.4 Å². The van der Waals surface area contributed by atoms with Gasteiger partial charge in [0.05, 0.1) is 27.7 Å². The molecule has 0 aliphatic rings. The van der Waals surface area contributed by atoms with Gasteiger partial charge >= 0.3 is 0 Å². The van der Waals surface area contributed by atoms with Crippen molar-refractivity contribution in [3.63, 3.8) is 0 Å². The van der Waals surface area contributed by atoms with Crippen LogP contribution in [-0.4, -0.2) is 32.2 Å². The van der Waals surface area contributed by atoms with Gasteiger partial charge in [0.15, 0.2) is 0 Å². The largest absolute Gasteiger partial charge is 0.331 e. The summed E-state index contributed by atoms with van der Waals surface area (Å²) in [7, 11) is 6.68. The minimum Gasteiger partial charge on any atom is -0.331 e. The number of hydrogen-bond donors (Lipinski definition) is 0. The van der Waals surface area contributed by atoms with E-state index < -0.39 is 0 Å². The molecular weight excluding hydrogens is 194 g/mol. The lowest BCUT2D eigenvalue weighted by molar-refractivity contribution is -0.870. The van der Waals surface area contributed by atoms with Gasteiger partial charge in [-0.1, -0.05) is 25.2 Å². The molecule has 0 fully saturated rings. The Balaban J connectivity index is 3.43. The molecule has 0 bridgehead atoms. The Kier molecular flexibility index (Phi) is 8.78. The van der Waals surface area contributed by atoms with E-state index in [9.17, 15) is 0 Å². The molecule has 0 aromatic rings. The summed E-state index contributed by atoms with van der Waals surface area (Å²) in [6.45, 7) is 3.41. The van der Waals surface area contributed by atoms with Crippen LogP contribution in [0.25, 0.3) is 0 Å². The molecule has 0 aliphatic heterocycles. The lowest BCUT2D eigenvalue weighted by atomic mass is 10.2. The number of nitrogens with zero attached hydrogens (tertiary/aromatic N) is 1. The van der Waals surface area contributed by atoms with E-state index in [1.165, 1.54) is 32.2 Å². The number of unbranched alkanes of at least 4 members (excludes halogenated alkanes) is 4. The number of quaternary nitrogens is 1. The molecule has 0 atom stereocenters. The van der Waals surface area contributed by atoms with Crippen molar-refractivity contribution in [2.75, 3.05) is 27.7 Å². The van der Waals surface area contributed by atoms with Crippen LogP contribution in [0, 0.1) is 23.7 Å². The van der Waals surface area contributed by atoms with Gasteiger partial charge in [-0.3, -0.25) is 0 Å². The molecule has 0 heterocycles. The van der Waals surface area contributed by atoms with E-state index in [-0.39, 0.29) is 0 Å². The monoisotopic (exact) mass is 220 g/mol. The third-order valence-corrected chi connectivity index (χ3v) is 2.28. The SMILES string of the molecule is CCCCC#CC#CCCCC[N+](C)(C)C. The number of hydrogen-bond acceptors (Lipinski definition) is 0. The van der Waals surface area contributed by atoms with Crippen LogP contribution in [-0.2, 0) is 0 Å². The van der Waals surface area contributed by atoms with Crippen LogP contribution in [0.4, 0.5) is 0 Å². The predicted octanol–water partition coefficient (Wildman–Crippen LogP) is 3.06. The van der Waals surface area contributed by atoms with Gasteiger partial charge in [-0.25, -0.2) is 0 Å². The zero-order valence-corrected chi connectivity index (χ0v) is 11.4. The normalized spacial score (nSPS) is 10.0. The van der Waals surface area contributed by atoms with E-state index >= 15 is 0 Å². The smallest absolute Gasteiger partial charge is 0.0780 e. The molecule has 0 saturated heterocycles. The molecule has 1 nitrogen and oxygen atoms in total. The van der Waals surface area contributed by atoms with E-state index in [2.05, 4.69) is 51.7 Å². The summed E-state index contributed by atoms with van der Waals surface area (Å²) in [5.41, 5.74) is 0. The van der Waals surface area contributed by atoms with Gasteiger partial charge in [0.1, 0.15) is 0 Å². The fourth-order valence-electron chi connectivity index (χ4n) is 1.28. The highest BCUT2D eigenvalue weighted by Gasteiger charge is 2.04. The molecule has 0 aromatic carbocycles. The first kappa shape index (κ1) is 15.1. The van der Waals surface area contributed by atoms with Crippen LogP contribution >= 0.6 is 0 Å². The summed E-state index contributed by atoms with van der Waals surface area (Å²) >= 11 is 0. The molecule has 0 radical (unpaired) electrons. The molecule has 0 aromatic heterocycles. The molecule has 0 rings (SSSR count). The van der Waals surface area contributed by atoms with E-state index in [1.54, 1.807) is 0 Å². The maximum atomic E-state index is 3.12. The van der Waals surface area contributed by atoms with E-state index in [1.807, 2.05) is 0 Å². The van der Waals surface area contributed by atoms with Crippen LogP contribution in [0.5, 0.6) is 0 Å². The highest BCUT2D eigenvalue weighted by atomic mass is 15.3. The first-order valence-electron chi connectivity index (χ1n) is 6.32. The fourth-order valence-corrected chi connectivity index (χ4v) is 1.28. The third kappa shape index (κ3) is 13.1. The predicted molar refractivity (Wildman–Crippen MR) is 71.8 cm³/mol. The van der Waals surface area contributed by atoms with Crippen LogP contribution in [0.1, 0.15) is 45.4 Å². The molecule has 0 unspecified atom stereocenters. The highest BCUT2D eigenvalue weighted by molar-refractivity contribution is 5.25. The van der Waals surface area contributed by atoms with Gasteiger partial charge in [-0.15, -0.1) is 0 Å². The molecule has 0 aliphatic carbocycles. The van der Waals surface area contributed by atoms with Gasteiger partial charge in [-0.05, 0) is 31.1 Å². The van der Waals surface area contributed by atoms with Gasteiger partial charge < -0.3 is 4.48 Å². The Hall–Kier alpha value is -0.920. The summed E-state index contributed by atoms with van der Waals surface area (Å²) in [6, 6.07) is 0. The lowest BCUT2D eigenvalue weighted by Crippen LogP contribution is -2.35. The van der Waals surface area contributed by atoms with Crippen LogP contribution in [0.3, 0.4) is 0 Å². The Labute approximate surface area is 102 Å². The first-order valence-corrected chi connectivity index (χ1v) is 6.32. The summed E-state index contributed by atoms with van der Waals surface area (Å²) in [6.07, 6.45) is 6.83. The average Bonchev–Trinajstić information content (AvgIpc) is 2.19. The maximum absolute atomic E-state index is 3.12. The van der Waals surface area contributed by atoms with Crippen molar-refractivity contribution < 1.29 is 4.48 Å². The second-order valence-electron chi connectivity index (χ2n) is 5.18. The van der Waals surface area contributed by atoms with Gasteiger partial charge in [-0.2, -0.15) is 0 Å². The summed E-state index contributed by atoms with van der Waals surface area (Å²) in [5, 5.41) is 0. The Bertz CT molecular complexity index is 275. The van der Waals surface area contributed by atoms with Crippen LogP contribution in [0.15, 0.2) is 0 Å². The molecule has 0 saturated carbocycles. The molecule has 16 heavy (non-hydrogen) atoms. The van der Waals surface area contributed by atoms with Gasteiger partial charge in [0.2, 0.25) is 0 Å². The van der Waals surface area contributed by atoms with Crippen LogP contribution < -0.4 is 0 Å². The zero-order valence-electron chi connectivity index (χ0n) is 11.4. The van der Waals surface area contributed by atoms with E-state index in [4.69, 9.17) is 0 Å². The molecule has 0 amide bonds.